The van der Waals surface area contributed by atoms with Gasteiger partial charge in [-0.05, 0) is 48.4 Å². The fourth-order valence-electron chi connectivity index (χ4n) is 2.53. The normalized spacial score (nSPS) is 13.5. The van der Waals surface area contributed by atoms with E-state index < -0.39 is 5.91 Å². The van der Waals surface area contributed by atoms with Crippen LogP contribution in [0.4, 0.5) is 5.69 Å². The molecule has 5 nitrogen and oxygen atoms in total. The van der Waals surface area contributed by atoms with Crippen molar-refractivity contribution in [2.24, 2.45) is 0 Å². The molecule has 0 radical (unpaired) electrons. The van der Waals surface area contributed by atoms with Gasteiger partial charge in [0.25, 0.3) is 5.91 Å². The first-order chi connectivity index (χ1) is 10.1. The molecule has 1 amide bonds. The lowest BCUT2D eigenvalue weighted by molar-refractivity contribution is 0.102. The lowest BCUT2D eigenvalue weighted by Gasteiger charge is -2.20. The summed E-state index contributed by atoms with van der Waals surface area (Å²) >= 11 is 0. The standard InChI is InChI=1S/C16H16N2O3/c19-11-4-5-15(20)12(8-11)16(21)18-14-3-1-2-10-6-7-17-9-13(10)14/h1-5,8,17,19-20H,6-7,9H2,(H,18,21). The van der Waals surface area contributed by atoms with Crippen molar-refractivity contribution in [3.8, 4) is 11.5 Å². The summed E-state index contributed by atoms with van der Waals surface area (Å²) in [5, 5.41) is 25.3. The molecule has 0 saturated carbocycles. The Morgan fingerprint density at radius 3 is 2.90 bits per heavy atom. The van der Waals surface area contributed by atoms with Gasteiger partial charge in [-0.25, -0.2) is 0 Å². The average Bonchev–Trinajstić information content (AvgIpc) is 2.50. The highest BCUT2D eigenvalue weighted by Gasteiger charge is 2.17. The highest BCUT2D eigenvalue weighted by Crippen LogP contribution is 2.26. The number of phenolic OH excluding ortho intramolecular Hbond substituents is 2. The first kappa shape index (κ1) is 13.5. The first-order valence-electron chi connectivity index (χ1n) is 6.80. The lowest BCUT2D eigenvalue weighted by atomic mass is 9.99. The van der Waals surface area contributed by atoms with E-state index in [4.69, 9.17) is 0 Å². The van der Waals surface area contributed by atoms with E-state index in [1.165, 1.54) is 23.8 Å². The molecule has 0 atom stereocenters. The maximum Gasteiger partial charge on any atom is 0.259 e. The zero-order valence-corrected chi connectivity index (χ0v) is 11.4. The molecule has 3 rings (SSSR count). The van der Waals surface area contributed by atoms with Crippen LogP contribution in [0.25, 0.3) is 0 Å². The maximum atomic E-state index is 12.3. The Hall–Kier alpha value is -2.53. The Morgan fingerprint density at radius 2 is 2.05 bits per heavy atom. The van der Waals surface area contributed by atoms with Gasteiger partial charge in [-0.2, -0.15) is 0 Å². The third-order valence-corrected chi connectivity index (χ3v) is 3.62. The Labute approximate surface area is 122 Å². The Kier molecular flexibility index (Phi) is 3.50. The molecule has 21 heavy (non-hydrogen) atoms. The molecule has 1 aliphatic heterocycles. The maximum absolute atomic E-state index is 12.3. The minimum atomic E-state index is -0.442. The molecule has 5 heteroatoms. The molecule has 1 aliphatic rings. The van der Waals surface area contributed by atoms with Gasteiger partial charge in [-0.1, -0.05) is 12.1 Å². The van der Waals surface area contributed by atoms with Crippen LogP contribution in [0.2, 0.25) is 0 Å². The van der Waals surface area contributed by atoms with Gasteiger partial charge in [-0.3, -0.25) is 4.79 Å². The van der Waals surface area contributed by atoms with Crippen LogP contribution < -0.4 is 10.6 Å². The van der Waals surface area contributed by atoms with E-state index in [1.54, 1.807) is 0 Å². The van der Waals surface area contributed by atoms with Crippen molar-refractivity contribution in [3.05, 3.63) is 53.1 Å². The van der Waals surface area contributed by atoms with Crippen LogP contribution in [0.3, 0.4) is 0 Å². The molecule has 0 bridgehead atoms. The molecule has 0 aliphatic carbocycles. The van der Waals surface area contributed by atoms with Gasteiger partial charge in [-0.15, -0.1) is 0 Å². The zero-order valence-electron chi connectivity index (χ0n) is 11.4. The number of phenols is 2. The van der Waals surface area contributed by atoms with Crippen molar-refractivity contribution < 1.29 is 15.0 Å². The van der Waals surface area contributed by atoms with E-state index in [9.17, 15) is 15.0 Å². The van der Waals surface area contributed by atoms with E-state index in [0.717, 1.165) is 24.2 Å². The van der Waals surface area contributed by atoms with Crippen molar-refractivity contribution in [2.45, 2.75) is 13.0 Å². The molecule has 0 fully saturated rings. The topological polar surface area (TPSA) is 81.6 Å². The lowest BCUT2D eigenvalue weighted by Crippen LogP contribution is -2.25. The minimum absolute atomic E-state index is 0.0522. The summed E-state index contributed by atoms with van der Waals surface area (Å²) in [6, 6.07) is 9.67. The van der Waals surface area contributed by atoms with Crippen LogP contribution in [-0.4, -0.2) is 22.7 Å². The summed E-state index contributed by atoms with van der Waals surface area (Å²) in [6.07, 6.45) is 0.927. The summed E-state index contributed by atoms with van der Waals surface area (Å²) in [5.41, 5.74) is 3.06. The molecule has 2 aromatic carbocycles. The van der Waals surface area contributed by atoms with Crippen molar-refractivity contribution >= 4 is 11.6 Å². The number of carbonyl (C=O) groups is 1. The highest BCUT2D eigenvalue weighted by molar-refractivity contribution is 6.06. The summed E-state index contributed by atoms with van der Waals surface area (Å²) in [4.78, 5) is 12.3. The number of fused-ring (bicyclic) bond motifs is 1. The van der Waals surface area contributed by atoms with Gasteiger partial charge in [0, 0.05) is 12.2 Å². The molecule has 108 valence electrons. The molecule has 0 saturated heterocycles. The van der Waals surface area contributed by atoms with Gasteiger partial charge >= 0.3 is 0 Å². The number of hydrogen-bond donors (Lipinski definition) is 4. The van der Waals surface area contributed by atoms with Gasteiger partial charge in [0.2, 0.25) is 0 Å². The number of aromatic hydroxyl groups is 2. The molecule has 2 aromatic rings. The van der Waals surface area contributed by atoms with Crippen LogP contribution in [0, 0.1) is 0 Å². The third kappa shape index (κ3) is 2.68. The second kappa shape index (κ2) is 5.46. The number of hydrogen-bond acceptors (Lipinski definition) is 4. The van der Waals surface area contributed by atoms with Gasteiger partial charge in [0.15, 0.2) is 0 Å². The average molecular weight is 284 g/mol. The summed E-state index contributed by atoms with van der Waals surface area (Å²) in [7, 11) is 0. The fraction of sp³-hybridized carbons (Fsp3) is 0.188. The molecular formula is C16H16N2O3. The summed E-state index contributed by atoms with van der Waals surface area (Å²) in [6.45, 7) is 1.63. The van der Waals surface area contributed by atoms with Crippen LogP contribution >= 0.6 is 0 Å². The monoisotopic (exact) mass is 284 g/mol. The van der Waals surface area contributed by atoms with E-state index >= 15 is 0 Å². The first-order valence-corrected chi connectivity index (χ1v) is 6.80. The van der Waals surface area contributed by atoms with E-state index in [1.807, 2.05) is 12.1 Å². The number of amides is 1. The van der Waals surface area contributed by atoms with Crippen molar-refractivity contribution in [1.82, 2.24) is 5.32 Å². The Bertz CT molecular complexity index is 698. The van der Waals surface area contributed by atoms with Gasteiger partial charge in [0.1, 0.15) is 11.5 Å². The second-order valence-electron chi connectivity index (χ2n) is 5.03. The van der Waals surface area contributed by atoms with Gasteiger partial charge in [0.05, 0.1) is 5.56 Å². The molecule has 4 N–H and O–H groups in total. The molecule has 0 spiro atoms. The van der Waals surface area contributed by atoms with E-state index in [-0.39, 0.29) is 17.1 Å². The summed E-state index contributed by atoms with van der Waals surface area (Å²) in [5.74, 6) is -0.662. The number of benzene rings is 2. The van der Waals surface area contributed by atoms with Crippen molar-refractivity contribution in [1.29, 1.82) is 0 Å². The SMILES string of the molecule is O=C(Nc1cccc2c1CNCC2)c1cc(O)ccc1O. The minimum Gasteiger partial charge on any atom is -0.508 e. The van der Waals surface area contributed by atoms with E-state index in [2.05, 4.69) is 16.7 Å². The molecule has 0 aromatic heterocycles. The van der Waals surface area contributed by atoms with Crippen LogP contribution in [-0.2, 0) is 13.0 Å². The van der Waals surface area contributed by atoms with Crippen LogP contribution in [0.15, 0.2) is 36.4 Å². The van der Waals surface area contributed by atoms with Gasteiger partial charge < -0.3 is 20.8 Å². The van der Waals surface area contributed by atoms with Crippen LogP contribution in [0.1, 0.15) is 21.5 Å². The Balaban J connectivity index is 1.90. The largest absolute Gasteiger partial charge is 0.508 e. The van der Waals surface area contributed by atoms with Crippen molar-refractivity contribution in [3.63, 3.8) is 0 Å². The Morgan fingerprint density at radius 1 is 1.19 bits per heavy atom. The van der Waals surface area contributed by atoms with Crippen LogP contribution in [0.5, 0.6) is 11.5 Å². The highest BCUT2D eigenvalue weighted by atomic mass is 16.3. The number of nitrogens with one attached hydrogen (secondary N) is 2. The summed E-state index contributed by atoms with van der Waals surface area (Å²) < 4.78 is 0. The predicted octanol–water partition coefficient (Wildman–Crippen LogP) is 2.00. The molecule has 1 heterocycles. The van der Waals surface area contributed by atoms with Crippen molar-refractivity contribution in [2.75, 3.05) is 11.9 Å². The molecular weight excluding hydrogens is 268 g/mol. The zero-order chi connectivity index (χ0) is 14.8. The number of rotatable bonds is 2. The quantitative estimate of drug-likeness (QED) is 0.636. The number of anilines is 1. The number of carbonyl (C=O) groups excluding carboxylic acids is 1. The van der Waals surface area contributed by atoms with E-state index in [0.29, 0.717) is 6.54 Å². The second-order valence-corrected chi connectivity index (χ2v) is 5.03. The smallest absolute Gasteiger partial charge is 0.259 e. The fourth-order valence-corrected chi connectivity index (χ4v) is 2.53. The predicted molar refractivity (Wildman–Crippen MR) is 79.6 cm³/mol. The molecule has 0 unspecified atom stereocenters. The third-order valence-electron chi connectivity index (χ3n) is 3.62.